The van der Waals surface area contributed by atoms with Crippen molar-refractivity contribution in [2.75, 3.05) is 24.5 Å². The van der Waals surface area contributed by atoms with E-state index < -0.39 is 0 Å². The van der Waals surface area contributed by atoms with Gasteiger partial charge in [0.25, 0.3) is 0 Å². The maximum absolute atomic E-state index is 6.31. The van der Waals surface area contributed by atoms with E-state index in [1.54, 1.807) is 0 Å². The van der Waals surface area contributed by atoms with Gasteiger partial charge in [0, 0.05) is 23.8 Å². The predicted octanol–water partition coefficient (Wildman–Crippen LogP) is 3.47. The first kappa shape index (κ1) is 13.7. The van der Waals surface area contributed by atoms with E-state index in [-0.39, 0.29) is 0 Å². The van der Waals surface area contributed by atoms with E-state index in [1.165, 1.54) is 30.5 Å². The normalized spacial score (nSPS) is 15.5. The molecule has 0 radical (unpaired) electrons. The summed E-state index contributed by atoms with van der Waals surface area (Å²) in [5.41, 5.74) is 8.19. The lowest BCUT2D eigenvalue weighted by Gasteiger charge is -2.34. The monoisotopic (exact) mass is 266 g/mol. The van der Waals surface area contributed by atoms with Crippen LogP contribution in [0.5, 0.6) is 0 Å². The topological polar surface area (TPSA) is 29.3 Å². The quantitative estimate of drug-likeness (QED) is 0.854. The molecule has 0 unspecified atom stereocenters. The highest BCUT2D eigenvalue weighted by molar-refractivity contribution is 6.31. The van der Waals surface area contributed by atoms with Crippen LogP contribution in [0.1, 0.15) is 31.7 Å². The van der Waals surface area contributed by atoms with Crippen LogP contribution >= 0.6 is 11.6 Å². The summed E-state index contributed by atoms with van der Waals surface area (Å²) in [4.78, 5) is 2.46. The predicted molar refractivity (Wildman–Crippen MR) is 79.4 cm³/mol. The van der Waals surface area contributed by atoms with Crippen LogP contribution in [-0.4, -0.2) is 19.6 Å². The lowest BCUT2D eigenvalue weighted by atomic mass is 9.85. The molecule has 18 heavy (non-hydrogen) atoms. The molecule has 0 aliphatic heterocycles. The molecule has 1 aromatic rings. The van der Waals surface area contributed by atoms with Crippen molar-refractivity contribution in [1.82, 2.24) is 0 Å². The van der Waals surface area contributed by atoms with Gasteiger partial charge in [-0.05, 0) is 56.3 Å². The van der Waals surface area contributed by atoms with Crippen LogP contribution in [0.15, 0.2) is 18.2 Å². The molecule has 100 valence electrons. The molecular formula is C15H23ClN2. The van der Waals surface area contributed by atoms with Gasteiger partial charge < -0.3 is 10.6 Å². The van der Waals surface area contributed by atoms with Crippen LogP contribution in [0.3, 0.4) is 0 Å². The fourth-order valence-corrected chi connectivity index (χ4v) is 2.88. The summed E-state index contributed by atoms with van der Waals surface area (Å²) in [5, 5.41) is 0.852. The molecule has 0 saturated heterocycles. The van der Waals surface area contributed by atoms with Crippen molar-refractivity contribution in [2.24, 2.45) is 11.7 Å². The second kappa shape index (κ2) is 6.44. The van der Waals surface area contributed by atoms with Crippen molar-refractivity contribution < 1.29 is 0 Å². The standard InChI is InChI=1S/C15H23ClN2/c1-2-18(11-12-5-3-6-12)15-8-4-7-14(16)13(15)9-10-17/h4,7-8,12H,2-3,5-6,9-11,17H2,1H3. The molecule has 3 heteroatoms. The molecular weight excluding hydrogens is 244 g/mol. The first-order chi connectivity index (χ1) is 8.76. The third kappa shape index (κ3) is 2.99. The minimum absolute atomic E-state index is 0.651. The molecule has 0 atom stereocenters. The molecule has 0 aromatic heterocycles. The Kier molecular flexibility index (Phi) is 4.90. The average Bonchev–Trinajstić information content (AvgIpc) is 2.31. The number of nitrogens with two attached hydrogens (primary N) is 1. The van der Waals surface area contributed by atoms with E-state index in [2.05, 4.69) is 17.9 Å². The van der Waals surface area contributed by atoms with Crippen LogP contribution in [0, 0.1) is 5.92 Å². The van der Waals surface area contributed by atoms with Crippen molar-refractivity contribution in [3.8, 4) is 0 Å². The largest absolute Gasteiger partial charge is 0.371 e. The molecule has 1 aliphatic rings. The minimum Gasteiger partial charge on any atom is -0.371 e. The van der Waals surface area contributed by atoms with Gasteiger partial charge in [0.05, 0.1) is 0 Å². The Hall–Kier alpha value is -0.730. The lowest BCUT2D eigenvalue weighted by molar-refractivity contribution is 0.318. The third-order valence-electron chi connectivity index (χ3n) is 3.91. The summed E-state index contributed by atoms with van der Waals surface area (Å²) >= 11 is 6.31. The highest BCUT2D eigenvalue weighted by Gasteiger charge is 2.21. The lowest BCUT2D eigenvalue weighted by Crippen LogP contribution is -2.33. The van der Waals surface area contributed by atoms with Crippen LogP contribution in [0.2, 0.25) is 5.02 Å². The van der Waals surface area contributed by atoms with E-state index in [0.29, 0.717) is 6.54 Å². The summed E-state index contributed by atoms with van der Waals surface area (Å²) in [5.74, 6) is 0.870. The van der Waals surface area contributed by atoms with Gasteiger partial charge in [-0.3, -0.25) is 0 Å². The average molecular weight is 267 g/mol. The molecule has 0 spiro atoms. The van der Waals surface area contributed by atoms with Crippen molar-refractivity contribution in [1.29, 1.82) is 0 Å². The highest BCUT2D eigenvalue weighted by Crippen LogP contribution is 2.32. The number of anilines is 1. The molecule has 0 heterocycles. The van der Waals surface area contributed by atoms with Gasteiger partial charge in [-0.1, -0.05) is 24.1 Å². The smallest absolute Gasteiger partial charge is 0.0459 e. The zero-order valence-corrected chi connectivity index (χ0v) is 11.9. The highest BCUT2D eigenvalue weighted by atomic mass is 35.5. The second-order valence-corrected chi connectivity index (χ2v) is 5.52. The van der Waals surface area contributed by atoms with E-state index in [4.69, 9.17) is 17.3 Å². The van der Waals surface area contributed by atoms with E-state index in [1.807, 2.05) is 12.1 Å². The molecule has 1 aliphatic carbocycles. The Morgan fingerprint density at radius 2 is 2.17 bits per heavy atom. The second-order valence-electron chi connectivity index (χ2n) is 5.11. The fraction of sp³-hybridized carbons (Fsp3) is 0.600. The Balaban J connectivity index is 2.19. The first-order valence-electron chi connectivity index (χ1n) is 6.98. The van der Waals surface area contributed by atoms with Crippen molar-refractivity contribution in [3.63, 3.8) is 0 Å². The SMILES string of the molecule is CCN(CC1CCC1)c1cccc(Cl)c1CCN. The number of hydrogen-bond acceptors (Lipinski definition) is 2. The number of hydrogen-bond donors (Lipinski definition) is 1. The van der Waals surface area contributed by atoms with Gasteiger partial charge in [0.1, 0.15) is 0 Å². The fourth-order valence-electron chi connectivity index (χ4n) is 2.62. The van der Waals surface area contributed by atoms with Gasteiger partial charge in [-0.15, -0.1) is 0 Å². The Morgan fingerprint density at radius 1 is 1.39 bits per heavy atom. The van der Waals surface area contributed by atoms with Crippen LogP contribution in [0.4, 0.5) is 5.69 Å². The molecule has 2 rings (SSSR count). The van der Waals surface area contributed by atoms with Crippen molar-refractivity contribution >= 4 is 17.3 Å². The van der Waals surface area contributed by atoms with Gasteiger partial charge in [-0.2, -0.15) is 0 Å². The van der Waals surface area contributed by atoms with Gasteiger partial charge >= 0.3 is 0 Å². The summed E-state index contributed by atoms with van der Waals surface area (Å²) < 4.78 is 0. The van der Waals surface area contributed by atoms with E-state index >= 15 is 0 Å². The molecule has 1 saturated carbocycles. The van der Waals surface area contributed by atoms with E-state index in [9.17, 15) is 0 Å². The maximum Gasteiger partial charge on any atom is 0.0459 e. The molecule has 2 N–H and O–H groups in total. The van der Waals surface area contributed by atoms with Crippen LogP contribution in [-0.2, 0) is 6.42 Å². The van der Waals surface area contributed by atoms with Crippen LogP contribution < -0.4 is 10.6 Å². The summed E-state index contributed by atoms with van der Waals surface area (Å²) in [6, 6.07) is 6.19. The molecule has 1 aromatic carbocycles. The number of halogens is 1. The minimum atomic E-state index is 0.651. The van der Waals surface area contributed by atoms with Crippen LogP contribution in [0.25, 0.3) is 0 Å². The summed E-state index contributed by atoms with van der Waals surface area (Å²) in [6.45, 7) is 5.06. The van der Waals surface area contributed by atoms with Gasteiger partial charge in [0.15, 0.2) is 0 Å². The Morgan fingerprint density at radius 3 is 2.72 bits per heavy atom. The van der Waals surface area contributed by atoms with Crippen molar-refractivity contribution in [2.45, 2.75) is 32.6 Å². The maximum atomic E-state index is 6.31. The zero-order chi connectivity index (χ0) is 13.0. The van der Waals surface area contributed by atoms with Gasteiger partial charge in [-0.25, -0.2) is 0 Å². The molecule has 0 bridgehead atoms. The third-order valence-corrected chi connectivity index (χ3v) is 4.27. The van der Waals surface area contributed by atoms with Crippen molar-refractivity contribution in [3.05, 3.63) is 28.8 Å². The molecule has 1 fully saturated rings. The zero-order valence-electron chi connectivity index (χ0n) is 11.2. The Labute approximate surface area is 115 Å². The first-order valence-corrected chi connectivity index (χ1v) is 7.36. The summed E-state index contributed by atoms with van der Waals surface area (Å²) in [6.07, 6.45) is 5.01. The number of nitrogens with zero attached hydrogens (tertiary/aromatic N) is 1. The Bertz CT molecular complexity index is 388. The summed E-state index contributed by atoms with van der Waals surface area (Å²) in [7, 11) is 0. The van der Waals surface area contributed by atoms with E-state index in [0.717, 1.165) is 30.5 Å². The number of benzene rings is 1. The molecule has 2 nitrogen and oxygen atoms in total. The molecule has 0 amide bonds. The van der Waals surface area contributed by atoms with Gasteiger partial charge in [0.2, 0.25) is 0 Å². The number of rotatable bonds is 6.